The zero-order chi connectivity index (χ0) is 9.14. The van der Waals surface area contributed by atoms with Crippen LogP contribution in [0.3, 0.4) is 0 Å². The third kappa shape index (κ3) is 1.95. The van der Waals surface area contributed by atoms with E-state index in [1.54, 1.807) is 0 Å². The van der Waals surface area contributed by atoms with Gasteiger partial charge in [0.05, 0.1) is 24.9 Å². The second-order valence-corrected chi connectivity index (χ2v) is 3.17. The van der Waals surface area contributed by atoms with Crippen molar-refractivity contribution in [2.24, 2.45) is 0 Å². The number of aliphatic hydroxyl groups is 3. The van der Waals surface area contributed by atoms with Crippen molar-refractivity contribution in [1.29, 1.82) is 0 Å². The van der Waals surface area contributed by atoms with Crippen LogP contribution in [0.15, 0.2) is 0 Å². The Morgan fingerprint density at radius 3 is 2.33 bits per heavy atom. The zero-order valence-corrected chi connectivity index (χ0v) is 7.18. The third-order valence-corrected chi connectivity index (χ3v) is 2.27. The van der Waals surface area contributed by atoms with Crippen LogP contribution >= 0.6 is 0 Å². The lowest BCUT2D eigenvalue weighted by molar-refractivity contribution is -0.179. The molecule has 0 aromatic carbocycles. The molecule has 0 aromatic rings. The number of hydrogen-bond acceptors (Lipinski definition) is 4. The molecule has 0 amide bonds. The van der Waals surface area contributed by atoms with E-state index in [2.05, 4.69) is 0 Å². The van der Waals surface area contributed by atoms with Gasteiger partial charge in [0.15, 0.2) is 0 Å². The number of aliphatic hydroxyl groups excluding tert-OH is 3. The highest BCUT2D eigenvalue weighted by molar-refractivity contribution is 4.83. The molecule has 0 bridgehead atoms. The van der Waals surface area contributed by atoms with Crippen molar-refractivity contribution in [3.05, 3.63) is 0 Å². The van der Waals surface area contributed by atoms with Crippen LogP contribution in [0.1, 0.15) is 19.8 Å². The highest BCUT2D eigenvalue weighted by Gasteiger charge is 2.34. The molecule has 4 nitrogen and oxygen atoms in total. The lowest BCUT2D eigenvalue weighted by Crippen LogP contribution is -2.48. The average Bonchev–Trinajstić information content (AvgIpc) is 2.05. The number of rotatable bonds is 2. The van der Waals surface area contributed by atoms with Gasteiger partial charge in [-0.25, -0.2) is 0 Å². The summed E-state index contributed by atoms with van der Waals surface area (Å²) in [6.45, 7) is 1.71. The molecule has 4 heteroatoms. The predicted octanol–water partition coefficient (Wildman–Crippen LogP) is -0.732. The summed E-state index contributed by atoms with van der Waals surface area (Å²) in [5.41, 5.74) is 0. The molecule has 0 saturated carbocycles. The maximum Gasteiger partial charge on any atom is 0.107 e. The van der Waals surface area contributed by atoms with Crippen molar-refractivity contribution in [2.45, 2.75) is 44.2 Å². The van der Waals surface area contributed by atoms with E-state index in [-0.39, 0.29) is 12.7 Å². The monoisotopic (exact) mass is 176 g/mol. The molecule has 1 aliphatic rings. The summed E-state index contributed by atoms with van der Waals surface area (Å²) in [5, 5.41) is 27.5. The minimum absolute atomic E-state index is 0.190. The van der Waals surface area contributed by atoms with Crippen LogP contribution < -0.4 is 0 Å². The standard InChI is InChI=1S/C8H16O4/c1-2-7-5(10)3-6(11)8(4-9)12-7/h5-11H,2-4H2,1H3/t5?,6-,7-,8?/m0/s1. The Labute approximate surface area is 71.8 Å². The van der Waals surface area contributed by atoms with Crippen LogP contribution in [0.25, 0.3) is 0 Å². The summed E-state index contributed by atoms with van der Waals surface area (Å²) >= 11 is 0. The molecular formula is C8H16O4. The summed E-state index contributed by atoms with van der Waals surface area (Å²) in [4.78, 5) is 0. The van der Waals surface area contributed by atoms with Crippen LogP contribution in [0, 0.1) is 0 Å². The topological polar surface area (TPSA) is 69.9 Å². The average molecular weight is 176 g/mol. The van der Waals surface area contributed by atoms with Crippen LogP contribution in [0.4, 0.5) is 0 Å². The van der Waals surface area contributed by atoms with Crippen molar-refractivity contribution in [3.63, 3.8) is 0 Å². The second-order valence-electron chi connectivity index (χ2n) is 3.17. The molecule has 0 radical (unpaired) electrons. The summed E-state index contributed by atoms with van der Waals surface area (Å²) in [6, 6.07) is 0. The number of hydrogen-bond donors (Lipinski definition) is 3. The lowest BCUT2D eigenvalue weighted by Gasteiger charge is -2.36. The molecule has 2 unspecified atom stereocenters. The third-order valence-electron chi connectivity index (χ3n) is 2.27. The van der Waals surface area contributed by atoms with E-state index >= 15 is 0 Å². The van der Waals surface area contributed by atoms with Crippen molar-refractivity contribution >= 4 is 0 Å². The van der Waals surface area contributed by atoms with Crippen molar-refractivity contribution in [2.75, 3.05) is 6.61 Å². The summed E-state index contributed by atoms with van der Waals surface area (Å²) in [7, 11) is 0. The molecule has 4 atom stereocenters. The Kier molecular flexibility index (Phi) is 3.46. The maximum atomic E-state index is 9.39. The van der Waals surface area contributed by atoms with Crippen molar-refractivity contribution in [1.82, 2.24) is 0 Å². The number of ether oxygens (including phenoxy) is 1. The van der Waals surface area contributed by atoms with Gasteiger partial charge in [-0.1, -0.05) is 6.92 Å². The fraction of sp³-hybridized carbons (Fsp3) is 1.00. The maximum absolute atomic E-state index is 9.39. The van der Waals surface area contributed by atoms with Gasteiger partial charge in [0.2, 0.25) is 0 Å². The van der Waals surface area contributed by atoms with Crippen molar-refractivity contribution in [3.8, 4) is 0 Å². The van der Waals surface area contributed by atoms with Gasteiger partial charge < -0.3 is 20.1 Å². The normalized spacial score (nSPS) is 43.0. The van der Waals surface area contributed by atoms with Gasteiger partial charge in [-0.2, -0.15) is 0 Å². The fourth-order valence-electron chi connectivity index (χ4n) is 1.49. The zero-order valence-electron chi connectivity index (χ0n) is 7.18. The Bertz CT molecular complexity index is 125. The van der Waals surface area contributed by atoms with Crippen LogP contribution in [0.5, 0.6) is 0 Å². The Hall–Kier alpha value is -0.160. The summed E-state index contributed by atoms with van der Waals surface area (Å²) in [5.74, 6) is 0. The molecule has 1 heterocycles. The quantitative estimate of drug-likeness (QED) is 0.518. The van der Waals surface area contributed by atoms with Gasteiger partial charge in [0, 0.05) is 6.42 Å². The molecule has 1 fully saturated rings. The first-order valence-electron chi connectivity index (χ1n) is 4.31. The molecule has 0 aromatic heterocycles. The van der Waals surface area contributed by atoms with E-state index in [1.807, 2.05) is 6.92 Å². The molecule has 1 saturated heterocycles. The fourth-order valence-corrected chi connectivity index (χ4v) is 1.49. The Balaban J connectivity index is 2.50. The van der Waals surface area contributed by atoms with Gasteiger partial charge in [0.1, 0.15) is 6.10 Å². The molecule has 3 N–H and O–H groups in total. The first-order valence-corrected chi connectivity index (χ1v) is 4.31. The molecule has 72 valence electrons. The first kappa shape index (κ1) is 9.92. The largest absolute Gasteiger partial charge is 0.394 e. The highest BCUT2D eigenvalue weighted by atomic mass is 16.5. The van der Waals surface area contributed by atoms with Crippen LogP contribution in [-0.4, -0.2) is 46.3 Å². The van der Waals surface area contributed by atoms with Gasteiger partial charge in [-0.15, -0.1) is 0 Å². The van der Waals surface area contributed by atoms with Gasteiger partial charge in [-0.05, 0) is 6.42 Å². The molecular weight excluding hydrogens is 160 g/mol. The minimum Gasteiger partial charge on any atom is -0.394 e. The lowest BCUT2D eigenvalue weighted by atomic mass is 9.97. The molecule has 1 aliphatic heterocycles. The second kappa shape index (κ2) is 4.18. The predicted molar refractivity (Wildman–Crippen MR) is 42.7 cm³/mol. The smallest absolute Gasteiger partial charge is 0.107 e. The molecule has 1 rings (SSSR count). The van der Waals surface area contributed by atoms with E-state index in [9.17, 15) is 10.2 Å². The van der Waals surface area contributed by atoms with Gasteiger partial charge >= 0.3 is 0 Å². The van der Waals surface area contributed by atoms with Crippen LogP contribution in [-0.2, 0) is 4.74 Å². The van der Waals surface area contributed by atoms with Gasteiger partial charge in [0.25, 0.3) is 0 Å². The SMILES string of the molecule is CC[C@@H]1OC(CO)[C@@H](O)CC1O. The Morgan fingerprint density at radius 2 is 1.83 bits per heavy atom. The molecule has 12 heavy (non-hydrogen) atoms. The van der Waals surface area contributed by atoms with Gasteiger partial charge in [-0.3, -0.25) is 0 Å². The van der Waals surface area contributed by atoms with E-state index in [0.29, 0.717) is 12.8 Å². The van der Waals surface area contributed by atoms with E-state index in [1.165, 1.54) is 0 Å². The van der Waals surface area contributed by atoms with E-state index < -0.39 is 18.3 Å². The van der Waals surface area contributed by atoms with E-state index in [4.69, 9.17) is 9.84 Å². The van der Waals surface area contributed by atoms with E-state index in [0.717, 1.165) is 0 Å². The molecule has 0 spiro atoms. The van der Waals surface area contributed by atoms with Crippen LogP contribution in [0.2, 0.25) is 0 Å². The van der Waals surface area contributed by atoms with Crippen molar-refractivity contribution < 1.29 is 20.1 Å². The highest BCUT2D eigenvalue weighted by Crippen LogP contribution is 2.21. The Morgan fingerprint density at radius 1 is 1.25 bits per heavy atom. The summed E-state index contributed by atoms with van der Waals surface area (Å²) < 4.78 is 5.26. The summed E-state index contributed by atoms with van der Waals surface area (Å²) in [6.07, 6.45) is -1.13. The molecule has 0 aliphatic carbocycles. The first-order chi connectivity index (χ1) is 5.69. The minimum atomic E-state index is -0.743.